The average molecular weight is 333 g/mol. The quantitative estimate of drug-likeness (QED) is 0.801. The number of aromatic nitrogens is 2. The Balaban J connectivity index is 1.54. The van der Waals surface area contributed by atoms with Crippen molar-refractivity contribution in [2.75, 3.05) is 0 Å². The lowest BCUT2D eigenvalue weighted by atomic mass is 9.88. The van der Waals surface area contributed by atoms with Crippen LogP contribution in [0, 0.1) is 0 Å². The highest BCUT2D eigenvalue weighted by molar-refractivity contribution is 5.81. The van der Waals surface area contributed by atoms with Crippen LogP contribution in [-0.2, 0) is 17.8 Å². The van der Waals surface area contributed by atoms with Gasteiger partial charge in [-0.3, -0.25) is 9.59 Å². The number of carbonyl (C=O) groups is 1. The van der Waals surface area contributed by atoms with Gasteiger partial charge in [-0.1, -0.05) is 42.5 Å². The molecule has 0 saturated heterocycles. The molecule has 0 fully saturated rings. The van der Waals surface area contributed by atoms with Crippen LogP contribution < -0.4 is 10.9 Å². The van der Waals surface area contributed by atoms with Crippen LogP contribution in [0.3, 0.4) is 0 Å². The lowest BCUT2D eigenvalue weighted by molar-refractivity contribution is -0.122. The zero-order chi connectivity index (χ0) is 17.2. The molecule has 1 aliphatic rings. The van der Waals surface area contributed by atoms with E-state index < -0.39 is 0 Å². The van der Waals surface area contributed by atoms with Crippen LogP contribution in [0.5, 0.6) is 0 Å². The molecular weight excluding hydrogens is 314 g/mol. The van der Waals surface area contributed by atoms with Crippen molar-refractivity contribution in [1.82, 2.24) is 15.1 Å². The molecule has 1 heterocycles. The lowest BCUT2D eigenvalue weighted by Crippen LogP contribution is -2.36. The summed E-state index contributed by atoms with van der Waals surface area (Å²) in [7, 11) is 0. The molecule has 1 N–H and O–H groups in total. The highest BCUT2D eigenvalue weighted by Crippen LogP contribution is 2.29. The van der Waals surface area contributed by atoms with E-state index >= 15 is 0 Å². The molecule has 0 aliphatic heterocycles. The van der Waals surface area contributed by atoms with Gasteiger partial charge in [-0.25, -0.2) is 4.68 Å². The van der Waals surface area contributed by atoms with E-state index in [-0.39, 0.29) is 24.1 Å². The molecule has 0 saturated carbocycles. The zero-order valence-corrected chi connectivity index (χ0v) is 13.8. The summed E-state index contributed by atoms with van der Waals surface area (Å²) in [5.41, 5.74) is 2.23. The molecule has 4 rings (SSSR count). The monoisotopic (exact) mass is 333 g/mol. The Kier molecular flexibility index (Phi) is 4.06. The summed E-state index contributed by atoms with van der Waals surface area (Å²) in [5, 5.41) is 8.55. The third-order valence-corrected chi connectivity index (χ3v) is 4.76. The minimum Gasteiger partial charge on any atom is -0.348 e. The number of benzene rings is 2. The third kappa shape index (κ3) is 3.05. The van der Waals surface area contributed by atoms with Crippen molar-refractivity contribution in [3.05, 3.63) is 76.2 Å². The van der Waals surface area contributed by atoms with E-state index in [1.54, 1.807) is 12.3 Å². The molecule has 0 radical (unpaired) electrons. The summed E-state index contributed by atoms with van der Waals surface area (Å²) in [4.78, 5) is 24.9. The molecule has 126 valence electrons. The number of nitrogens with zero attached hydrogens (tertiary/aromatic N) is 2. The average Bonchev–Trinajstić information content (AvgIpc) is 2.65. The summed E-state index contributed by atoms with van der Waals surface area (Å²) in [6.07, 6.45) is 4.65. The van der Waals surface area contributed by atoms with E-state index in [9.17, 15) is 9.59 Å². The topological polar surface area (TPSA) is 64.0 Å². The molecule has 1 amide bonds. The predicted molar refractivity (Wildman–Crippen MR) is 96.3 cm³/mol. The van der Waals surface area contributed by atoms with Gasteiger partial charge in [0.25, 0.3) is 5.56 Å². The van der Waals surface area contributed by atoms with Crippen molar-refractivity contribution in [2.45, 2.75) is 31.8 Å². The molecule has 0 unspecified atom stereocenters. The van der Waals surface area contributed by atoms with Crippen LogP contribution in [0.15, 0.2) is 59.5 Å². The zero-order valence-electron chi connectivity index (χ0n) is 13.8. The molecule has 2 aromatic carbocycles. The first-order valence-corrected chi connectivity index (χ1v) is 8.54. The number of rotatable bonds is 3. The normalized spacial score (nSPS) is 16.4. The van der Waals surface area contributed by atoms with Gasteiger partial charge in [0.05, 0.1) is 17.6 Å². The van der Waals surface area contributed by atoms with Gasteiger partial charge in [0, 0.05) is 5.39 Å². The number of fused-ring (bicyclic) bond motifs is 2. The van der Waals surface area contributed by atoms with Crippen molar-refractivity contribution in [2.24, 2.45) is 0 Å². The van der Waals surface area contributed by atoms with Crippen LogP contribution >= 0.6 is 0 Å². The second-order valence-corrected chi connectivity index (χ2v) is 6.41. The third-order valence-electron chi connectivity index (χ3n) is 4.76. The highest BCUT2D eigenvalue weighted by atomic mass is 16.2. The Bertz CT molecular complexity index is 993. The van der Waals surface area contributed by atoms with Crippen molar-refractivity contribution < 1.29 is 4.79 Å². The molecule has 1 aliphatic carbocycles. The predicted octanol–water partition coefficient (Wildman–Crippen LogP) is 2.59. The summed E-state index contributed by atoms with van der Waals surface area (Å²) in [5.74, 6) is -0.188. The Morgan fingerprint density at radius 2 is 1.96 bits per heavy atom. The van der Waals surface area contributed by atoms with Crippen molar-refractivity contribution in [1.29, 1.82) is 0 Å². The lowest BCUT2D eigenvalue weighted by Gasteiger charge is -2.26. The first-order valence-electron chi connectivity index (χ1n) is 8.54. The summed E-state index contributed by atoms with van der Waals surface area (Å²) in [6.45, 7) is -0.0671. The Hall–Kier alpha value is -2.95. The minimum absolute atomic E-state index is 0.00797. The molecule has 1 aromatic heterocycles. The second kappa shape index (κ2) is 6.51. The number of aryl methyl sites for hydroxylation is 1. The fraction of sp³-hybridized carbons (Fsp3) is 0.250. The van der Waals surface area contributed by atoms with E-state index in [0.29, 0.717) is 5.39 Å². The van der Waals surface area contributed by atoms with Crippen LogP contribution in [0.2, 0.25) is 0 Å². The van der Waals surface area contributed by atoms with Gasteiger partial charge in [-0.05, 0) is 36.5 Å². The molecule has 3 aromatic rings. The molecule has 1 atom stereocenters. The van der Waals surface area contributed by atoms with E-state index in [1.165, 1.54) is 15.8 Å². The van der Waals surface area contributed by atoms with Gasteiger partial charge in [0.1, 0.15) is 6.54 Å². The van der Waals surface area contributed by atoms with E-state index in [0.717, 1.165) is 24.6 Å². The number of nitrogens with one attached hydrogen (secondary N) is 1. The maximum absolute atomic E-state index is 12.5. The molecule has 25 heavy (non-hydrogen) atoms. The fourth-order valence-electron chi connectivity index (χ4n) is 3.52. The molecule has 0 spiro atoms. The first kappa shape index (κ1) is 15.6. The minimum atomic E-state index is -0.239. The molecule has 5 nitrogen and oxygen atoms in total. The molecule has 5 heteroatoms. The van der Waals surface area contributed by atoms with Crippen molar-refractivity contribution in [3.63, 3.8) is 0 Å². The van der Waals surface area contributed by atoms with Gasteiger partial charge in [-0.15, -0.1) is 0 Å². The fourth-order valence-corrected chi connectivity index (χ4v) is 3.52. The Morgan fingerprint density at radius 1 is 1.16 bits per heavy atom. The van der Waals surface area contributed by atoms with E-state index in [2.05, 4.69) is 22.5 Å². The SMILES string of the molecule is O=C(Cn1ncc2ccccc2c1=O)N[C@H]1CCCc2ccccc21. The molecule has 0 bridgehead atoms. The van der Waals surface area contributed by atoms with Gasteiger partial charge in [0.2, 0.25) is 5.91 Å². The summed E-state index contributed by atoms with van der Waals surface area (Å²) >= 11 is 0. The summed E-state index contributed by atoms with van der Waals surface area (Å²) in [6, 6.07) is 15.5. The number of amides is 1. The second-order valence-electron chi connectivity index (χ2n) is 6.41. The largest absolute Gasteiger partial charge is 0.348 e. The maximum atomic E-state index is 12.5. The van der Waals surface area contributed by atoms with Gasteiger partial charge in [0.15, 0.2) is 0 Å². The van der Waals surface area contributed by atoms with Gasteiger partial charge in [-0.2, -0.15) is 5.10 Å². The standard InChI is InChI=1S/C20H19N3O2/c24-19(22-18-11-5-8-14-6-1-3-9-16(14)18)13-23-20(25)17-10-4-2-7-15(17)12-21-23/h1-4,6-7,9-10,12,18H,5,8,11,13H2,(H,22,24)/t18-/m0/s1. The number of carbonyl (C=O) groups excluding carboxylic acids is 1. The smallest absolute Gasteiger partial charge is 0.275 e. The Labute approximate surface area is 145 Å². The summed E-state index contributed by atoms with van der Waals surface area (Å²) < 4.78 is 1.23. The van der Waals surface area contributed by atoms with Crippen LogP contribution in [0.25, 0.3) is 10.8 Å². The van der Waals surface area contributed by atoms with Gasteiger partial charge < -0.3 is 5.32 Å². The number of hydrogen-bond donors (Lipinski definition) is 1. The van der Waals surface area contributed by atoms with Crippen molar-refractivity contribution in [3.8, 4) is 0 Å². The van der Waals surface area contributed by atoms with Gasteiger partial charge >= 0.3 is 0 Å². The van der Waals surface area contributed by atoms with Crippen LogP contribution in [-0.4, -0.2) is 15.7 Å². The number of hydrogen-bond acceptors (Lipinski definition) is 3. The van der Waals surface area contributed by atoms with E-state index in [4.69, 9.17) is 0 Å². The molecular formula is C20H19N3O2. The maximum Gasteiger partial charge on any atom is 0.275 e. The van der Waals surface area contributed by atoms with Crippen LogP contribution in [0.1, 0.15) is 30.0 Å². The van der Waals surface area contributed by atoms with Crippen molar-refractivity contribution >= 4 is 16.7 Å². The first-order chi connectivity index (χ1) is 12.2. The highest BCUT2D eigenvalue weighted by Gasteiger charge is 2.21. The van der Waals surface area contributed by atoms with Crippen LogP contribution in [0.4, 0.5) is 0 Å². The Morgan fingerprint density at radius 3 is 2.88 bits per heavy atom. The van der Waals surface area contributed by atoms with E-state index in [1.807, 2.05) is 30.3 Å².